The zero-order chi connectivity index (χ0) is 21.3. The molecule has 1 aromatic rings. The van der Waals surface area contributed by atoms with E-state index in [1.165, 1.54) is 11.1 Å². The van der Waals surface area contributed by atoms with Gasteiger partial charge in [-0.3, -0.25) is 9.79 Å². The predicted octanol–water partition coefficient (Wildman–Crippen LogP) is 2.28. The standard InChI is InChI=1S/C23H39N5O/c1-5-18-9-11-20(12-10-18)23(2,3)17-27-22(25-4)26-13-7-15-28-14-6-8-19(16-28)21(24)29/h9-12,19H,5-8,13-17H2,1-4H3,(H2,24,29)(H2,25,26,27). The number of primary amides is 1. The van der Waals surface area contributed by atoms with Crippen molar-refractivity contribution >= 4 is 11.9 Å². The molecule has 2 rings (SSSR count). The number of carbonyl (C=O) groups excluding carboxylic acids is 1. The van der Waals surface area contributed by atoms with Gasteiger partial charge < -0.3 is 21.3 Å². The number of hydrogen-bond donors (Lipinski definition) is 3. The third-order valence-electron chi connectivity index (χ3n) is 5.92. The fourth-order valence-corrected chi connectivity index (χ4v) is 3.82. The molecule has 0 aromatic heterocycles. The Morgan fingerprint density at radius 3 is 2.62 bits per heavy atom. The molecule has 0 bridgehead atoms. The molecule has 1 aliphatic heterocycles. The zero-order valence-electron chi connectivity index (χ0n) is 18.6. The molecule has 0 spiro atoms. The minimum Gasteiger partial charge on any atom is -0.369 e. The molecule has 1 aromatic carbocycles. The maximum absolute atomic E-state index is 11.4. The van der Waals surface area contributed by atoms with Crippen LogP contribution in [0, 0.1) is 5.92 Å². The molecule has 6 nitrogen and oxygen atoms in total. The number of piperidine rings is 1. The van der Waals surface area contributed by atoms with Crippen LogP contribution >= 0.6 is 0 Å². The van der Waals surface area contributed by atoms with Crippen molar-refractivity contribution in [3.05, 3.63) is 35.4 Å². The first-order chi connectivity index (χ1) is 13.9. The number of carbonyl (C=O) groups is 1. The smallest absolute Gasteiger partial charge is 0.221 e. The zero-order valence-corrected chi connectivity index (χ0v) is 18.6. The molecule has 1 unspecified atom stereocenters. The Kier molecular flexibility index (Phi) is 8.96. The van der Waals surface area contributed by atoms with E-state index in [1.807, 2.05) is 0 Å². The van der Waals surface area contributed by atoms with Crippen LogP contribution in [0.15, 0.2) is 29.3 Å². The van der Waals surface area contributed by atoms with Crippen molar-refractivity contribution in [3.63, 3.8) is 0 Å². The van der Waals surface area contributed by atoms with Gasteiger partial charge in [0.1, 0.15) is 0 Å². The first-order valence-corrected chi connectivity index (χ1v) is 10.9. The summed E-state index contributed by atoms with van der Waals surface area (Å²) >= 11 is 0. The molecular weight excluding hydrogens is 362 g/mol. The second-order valence-corrected chi connectivity index (χ2v) is 8.68. The fourth-order valence-electron chi connectivity index (χ4n) is 3.82. The molecule has 29 heavy (non-hydrogen) atoms. The van der Waals surface area contributed by atoms with Crippen molar-refractivity contribution in [2.75, 3.05) is 39.8 Å². The average molecular weight is 402 g/mol. The van der Waals surface area contributed by atoms with Gasteiger partial charge in [0.05, 0.1) is 5.92 Å². The largest absolute Gasteiger partial charge is 0.369 e. The van der Waals surface area contributed by atoms with Gasteiger partial charge in [-0.2, -0.15) is 0 Å². The van der Waals surface area contributed by atoms with E-state index in [-0.39, 0.29) is 17.2 Å². The molecule has 4 N–H and O–H groups in total. The van der Waals surface area contributed by atoms with Crippen molar-refractivity contribution in [2.45, 2.75) is 51.9 Å². The van der Waals surface area contributed by atoms with E-state index < -0.39 is 0 Å². The first-order valence-electron chi connectivity index (χ1n) is 10.9. The van der Waals surface area contributed by atoms with Gasteiger partial charge in [-0.15, -0.1) is 0 Å². The molecule has 0 aliphatic carbocycles. The van der Waals surface area contributed by atoms with Gasteiger partial charge in [-0.05, 0) is 49.9 Å². The molecule has 1 amide bonds. The van der Waals surface area contributed by atoms with Crippen LogP contribution in [-0.2, 0) is 16.6 Å². The minimum atomic E-state index is -0.163. The highest BCUT2D eigenvalue weighted by Gasteiger charge is 2.23. The maximum atomic E-state index is 11.4. The number of hydrogen-bond acceptors (Lipinski definition) is 3. The Labute approximate surface area is 176 Å². The van der Waals surface area contributed by atoms with Gasteiger partial charge in [-0.25, -0.2) is 0 Å². The lowest BCUT2D eigenvalue weighted by molar-refractivity contribution is -0.123. The number of guanidine groups is 1. The molecule has 0 saturated carbocycles. The van der Waals surface area contributed by atoms with Crippen molar-refractivity contribution in [1.29, 1.82) is 0 Å². The van der Waals surface area contributed by atoms with Crippen LogP contribution in [0.1, 0.15) is 51.2 Å². The number of likely N-dealkylation sites (tertiary alicyclic amines) is 1. The lowest BCUT2D eigenvalue weighted by atomic mass is 9.84. The number of aliphatic imine (C=N–C) groups is 1. The van der Waals surface area contributed by atoms with Crippen LogP contribution in [0.2, 0.25) is 0 Å². The van der Waals surface area contributed by atoms with Crippen LogP contribution in [0.5, 0.6) is 0 Å². The number of benzene rings is 1. The Morgan fingerprint density at radius 1 is 1.28 bits per heavy atom. The summed E-state index contributed by atoms with van der Waals surface area (Å²) in [6.45, 7) is 11.2. The number of nitrogens with zero attached hydrogens (tertiary/aromatic N) is 2. The van der Waals surface area contributed by atoms with Gasteiger partial charge in [-0.1, -0.05) is 45.0 Å². The van der Waals surface area contributed by atoms with Crippen molar-refractivity contribution in [3.8, 4) is 0 Å². The summed E-state index contributed by atoms with van der Waals surface area (Å²) in [5, 5.41) is 6.87. The summed E-state index contributed by atoms with van der Waals surface area (Å²) in [4.78, 5) is 18.1. The van der Waals surface area contributed by atoms with Crippen LogP contribution in [0.4, 0.5) is 0 Å². The molecular formula is C23H39N5O. The molecule has 1 heterocycles. The highest BCUT2D eigenvalue weighted by atomic mass is 16.1. The van der Waals surface area contributed by atoms with Crippen molar-refractivity contribution < 1.29 is 4.79 Å². The van der Waals surface area contributed by atoms with Crippen LogP contribution < -0.4 is 16.4 Å². The summed E-state index contributed by atoms with van der Waals surface area (Å²) < 4.78 is 0. The van der Waals surface area contributed by atoms with Gasteiger partial charge in [0, 0.05) is 32.1 Å². The Bertz CT molecular complexity index is 668. The number of nitrogens with two attached hydrogens (primary N) is 1. The second kappa shape index (κ2) is 11.2. The lowest BCUT2D eigenvalue weighted by Crippen LogP contribution is -2.45. The first kappa shape index (κ1) is 23.2. The molecule has 1 saturated heterocycles. The van der Waals surface area contributed by atoms with E-state index in [2.05, 4.69) is 65.6 Å². The average Bonchev–Trinajstić information content (AvgIpc) is 2.73. The summed E-state index contributed by atoms with van der Waals surface area (Å²) in [7, 11) is 1.81. The summed E-state index contributed by atoms with van der Waals surface area (Å²) in [6.07, 6.45) is 4.06. The van der Waals surface area contributed by atoms with Crippen LogP contribution in [-0.4, -0.2) is 56.5 Å². The molecule has 1 aliphatic rings. The van der Waals surface area contributed by atoms with E-state index in [0.717, 1.165) is 64.4 Å². The molecule has 0 radical (unpaired) electrons. The van der Waals surface area contributed by atoms with Crippen LogP contribution in [0.3, 0.4) is 0 Å². The van der Waals surface area contributed by atoms with E-state index >= 15 is 0 Å². The predicted molar refractivity (Wildman–Crippen MR) is 121 cm³/mol. The monoisotopic (exact) mass is 401 g/mol. The summed E-state index contributed by atoms with van der Waals surface area (Å²) in [5.74, 6) is 0.682. The number of rotatable bonds is 9. The number of amides is 1. The second-order valence-electron chi connectivity index (χ2n) is 8.68. The number of aryl methyl sites for hydroxylation is 1. The molecule has 1 fully saturated rings. The van der Waals surface area contributed by atoms with Gasteiger partial charge in [0.25, 0.3) is 0 Å². The van der Waals surface area contributed by atoms with E-state index in [0.29, 0.717) is 0 Å². The summed E-state index contributed by atoms with van der Waals surface area (Å²) in [5.41, 5.74) is 8.17. The normalized spacial score (nSPS) is 18.5. The Balaban J connectivity index is 1.72. The Hall–Kier alpha value is -2.08. The quantitative estimate of drug-likeness (QED) is 0.337. The van der Waals surface area contributed by atoms with Gasteiger partial charge >= 0.3 is 0 Å². The van der Waals surface area contributed by atoms with Crippen molar-refractivity contribution in [2.24, 2.45) is 16.6 Å². The van der Waals surface area contributed by atoms with E-state index in [4.69, 9.17) is 5.73 Å². The fraction of sp³-hybridized carbons (Fsp3) is 0.652. The number of nitrogens with one attached hydrogen (secondary N) is 2. The lowest BCUT2D eigenvalue weighted by Gasteiger charge is -2.31. The molecule has 1 atom stereocenters. The minimum absolute atomic E-state index is 0.0137. The topological polar surface area (TPSA) is 82.8 Å². The third kappa shape index (κ3) is 7.35. The molecule has 6 heteroatoms. The highest BCUT2D eigenvalue weighted by molar-refractivity contribution is 5.79. The van der Waals surface area contributed by atoms with Gasteiger partial charge in [0.2, 0.25) is 5.91 Å². The molecule has 162 valence electrons. The third-order valence-corrected chi connectivity index (χ3v) is 5.92. The highest BCUT2D eigenvalue weighted by Crippen LogP contribution is 2.22. The maximum Gasteiger partial charge on any atom is 0.221 e. The van der Waals surface area contributed by atoms with Gasteiger partial charge in [0.15, 0.2) is 5.96 Å². The van der Waals surface area contributed by atoms with Crippen LogP contribution in [0.25, 0.3) is 0 Å². The summed E-state index contributed by atoms with van der Waals surface area (Å²) in [6, 6.07) is 8.89. The van der Waals surface area contributed by atoms with Crippen molar-refractivity contribution in [1.82, 2.24) is 15.5 Å². The Morgan fingerprint density at radius 2 is 2.00 bits per heavy atom. The SMILES string of the molecule is CCc1ccc(C(C)(C)CNC(=NC)NCCCN2CCCC(C(N)=O)C2)cc1. The van der Waals surface area contributed by atoms with E-state index in [1.54, 1.807) is 7.05 Å². The van der Waals surface area contributed by atoms with E-state index in [9.17, 15) is 4.79 Å².